The Labute approximate surface area is 69.6 Å². The van der Waals surface area contributed by atoms with Gasteiger partial charge >= 0.3 is 11.9 Å². The summed E-state index contributed by atoms with van der Waals surface area (Å²) < 4.78 is 0. The van der Waals surface area contributed by atoms with E-state index in [0.29, 0.717) is 0 Å². The highest BCUT2D eigenvalue weighted by Gasteiger charge is 2.22. The third-order valence-corrected chi connectivity index (χ3v) is 1.40. The van der Waals surface area contributed by atoms with Crippen LogP contribution in [-0.4, -0.2) is 33.4 Å². The highest BCUT2D eigenvalue weighted by Crippen LogP contribution is 2.11. The molecule has 12 heavy (non-hydrogen) atoms. The molecule has 2 unspecified atom stereocenters. The van der Waals surface area contributed by atoms with Gasteiger partial charge in [0.15, 0.2) is 0 Å². The smallest absolute Gasteiger partial charge is 0.307 e. The minimum Gasteiger partial charge on any atom is -0.481 e. The average molecular weight is 176 g/mol. The topological polar surface area (TPSA) is 94.8 Å². The Kier molecular flexibility index (Phi) is 4.28. The van der Waals surface area contributed by atoms with Gasteiger partial charge in [-0.3, -0.25) is 9.59 Å². The summed E-state index contributed by atoms with van der Waals surface area (Å²) in [4.78, 5) is 20.5. The maximum absolute atomic E-state index is 10.4. The van der Waals surface area contributed by atoms with Crippen molar-refractivity contribution in [2.75, 3.05) is 0 Å². The summed E-state index contributed by atoms with van der Waals surface area (Å²) in [6, 6.07) is 0. The van der Waals surface area contributed by atoms with Crippen LogP contribution in [0.4, 0.5) is 0 Å². The fourth-order valence-electron chi connectivity index (χ4n) is 0.894. The molecule has 0 aliphatic heterocycles. The third-order valence-electron chi connectivity index (χ3n) is 1.40. The van der Waals surface area contributed by atoms with Crippen molar-refractivity contribution in [1.29, 1.82) is 0 Å². The van der Waals surface area contributed by atoms with Crippen LogP contribution in [0.25, 0.3) is 0 Å². The maximum Gasteiger partial charge on any atom is 0.307 e. The molecular weight excluding hydrogens is 164 g/mol. The molecule has 0 heterocycles. The fourth-order valence-corrected chi connectivity index (χ4v) is 0.894. The van der Waals surface area contributed by atoms with Gasteiger partial charge in [-0.1, -0.05) is 0 Å². The van der Waals surface area contributed by atoms with Gasteiger partial charge in [-0.25, -0.2) is 0 Å². The van der Waals surface area contributed by atoms with Gasteiger partial charge in [-0.15, -0.1) is 0 Å². The van der Waals surface area contributed by atoms with Crippen molar-refractivity contribution in [1.82, 2.24) is 0 Å². The first kappa shape index (κ1) is 10.9. The zero-order valence-electron chi connectivity index (χ0n) is 6.73. The largest absolute Gasteiger partial charge is 0.481 e. The predicted octanol–water partition coefficient (Wildman–Crippen LogP) is -0.0672. The van der Waals surface area contributed by atoms with E-state index in [1.54, 1.807) is 0 Å². The molecule has 0 aromatic heterocycles. The molecule has 0 rings (SSSR count). The summed E-state index contributed by atoms with van der Waals surface area (Å²) in [5, 5.41) is 25.6. The van der Waals surface area contributed by atoms with Crippen LogP contribution < -0.4 is 0 Å². The number of rotatable bonds is 5. The first-order chi connectivity index (χ1) is 5.43. The molecule has 0 bridgehead atoms. The summed E-state index contributed by atoms with van der Waals surface area (Å²) in [5.41, 5.74) is 0. The van der Waals surface area contributed by atoms with Gasteiger partial charge in [0.25, 0.3) is 0 Å². The van der Waals surface area contributed by atoms with Gasteiger partial charge in [0, 0.05) is 0 Å². The zero-order valence-corrected chi connectivity index (χ0v) is 6.73. The van der Waals surface area contributed by atoms with Gasteiger partial charge in [-0.2, -0.15) is 0 Å². The first-order valence-corrected chi connectivity index (χ1v) is 3.56. The lowest BCUT2D eigenvalue weighted by molar-refractivity contribution is -0.149. The highest BCUT2D eigenvalue weighted by molar-refractivity contribution is 5.77. The van der Waals surface area contributed by atoms with E-state index in [9.17, 15) is 9.59 Å². The van der Waals surface area contributed by atoms with E-state index in [1.807, 2.05) is 0 Å². The quantitative estimate of drug-likeness (QED) is 0.545. The Balaban J connectivity index is 4.04. The van der Waals surface area contributed by atoms with Crippen LogP contribution >= 0.6 is 0 Å². The summed E-state index contributed by atoms with van der Waals surface area (Å²) in [5.74, 6) is -3.34. The lowest BCUT2D eigenvalue weighted by Gasteiger charge is -2.10. The minimum absolute atomic E-state index is 0.0262. The number of carboxylic acids is 2. The lowest BCUT2D eigenvalue weighted by Crippen LogP contribution is -2.21. The molecule has 0 aliphatic carbocycles. The zero-order chi connectivity index (χ0) is 9.72. The second-order valence-corrected chi connectivity index (χ2v) is 2.72. The van der Waals surface area contributed by atoms with E-state index in [0.717, 1.165) is 0 Å². The average Bonchev–Trinajstić information content (AvgIpc) is 1.83. The minimum atomic E-state index is -1.18. The molecule has 0 radical (unpaired) electrons. The van der Waals surface area contributed by atoms with E-state index in [2.05, 4.69) is 0 Å². The molecule has 5 nitrogen and oxygen atoms in total. The monoisotopic (exact) mass is 176 g/mol. The number of aliphatic hydroxyl groups excluding tert-OH is 1. The third kappa shape index (κ3) is 4.68. The second-order valence-electron chi connectivity index (χ2n) is 2.72. The molecule has 5 heteroatoms. The van der Waals surface area contributed by atoms with Crippen LogP contribution in [0.2, 0.25) is 0 Å². The molecule has 3 N–H and O–H groups in total. The first-order valence-electron chi connectivity index (χ1n) is 3.56. The lowest BCUT2D eigenvalue weighted by atomic mass is 9.99. The molecule has 2 atom stereocenters. The number of aliphatic carboxylic acids is 2. The Morgan fingerprint density at radius 1 is 1.33 bits per heavy atom. The Morgan fingerprint density at radius 2 is 1.83 bits per heavy atom. The van der Waals surface area contributed by atoms with Crippen molar-refractivity contribution in [2.24, 2.45) is 5.92 Å². The summed E-state index contributed by atoms with van der Waals surface area (Å²) in [6.45, 7) is 1.43. The van der Waals surface area contributed by atoms with Crippen LogP contribution in [0.15, 0.2) is 0 Å². The maximum atomic E-state index is 10.4. The molecule has 0 aromatic rings. The van der Waals surface area contributed by atoms with Crippen LogP contribution in [0, 0.1) is 5.92 Å². The van der Waals surface area contributed by atoms with Crippen LogP contribution in [0.1, 0.15) is 19.8 Å². The Morgan fingerprint density at radius 3 is 2.08 bits per heavy atom. The second kappa shape index (κ2) is 4.71. The van der Waals surface area contributed by atoms with E-state index in [-0.39, 0.29) is 6.42 Å². The van der Waals surface area contributed by atoms with Crippen molar-refractivity contribution < 1.29 is 24.9 Å². The Bertz CT molecular complexity index is 175. The normalized spacial score (nSPS) is 15.2. The predicted molar refractivity (Wildman–Crippen MR) is 39.7 cm³/mol. The van der Waals surface area contributed by atoms with Gasteiger partial charge in [0.2, 0.25) is 0 Å². The highest BCUT2D eigenvalue weighted by atomic mass is 16.4. The van der Waals surface area contributed by atoms with Crippen molar-refractivity contribution in [3.05, 3.63) is 0 Å². The molecule has 0 amide bonds. The van der Waals surface area contributed by atoms with E-state index < -0.39 is 30.4 Å². The van der Waals surface area contributed by atoms with Crippen molar-refractivity contribution in [3.63, 3.8) is 0 Å². The van der Waals surface area contributed by atoms with E-state index in [1.165, 1.54) is 6.92 Å². The van der Waals surface area contributed by atoms with Gasteiger partial charge < -0.3 is 15.3 Å². The van der Waals surface area contributed by atoms with Crippen molar-refractivity contribution >= 4 is 11.9 Å². The van der Waals surface area contributed by atoms with Crippen molar-refractivity contribution in [3.8, 4) is 0 Å². The summed E-state index contributed by atoms with van der Waals surface area (Å²) >= 11 is 0. The number of carboxylic acid groups (broad SMARTS) is 2. The molecular formula is C7H12O5. The van der Waals surface area contributed by atoms with E-state index in [4.69, 9.17) is 15.3 Å². The molecule has 0 fully saturated rings. The van der Waals surface area contributed by atoms with Crippen LogP contribution in [0.3, 0.4) is 0 Å². The Hall–Kier alpha value is -1.10. The standard InChI is InChI=1S/C7H12O5/c1-4(8)2-5(7(11)12)3-6(9)10/h4-5,8H,2-3H2,1H3,(H,9,10)(H,11,12). The van der Waals surface area contributed by atoms with E-state index >= 15 is 0 Å². The van der Waals surface area contributed by atoms with Gasteiger partial charge in [-0.05, 0) is 13.3 Å². The molecule has 70 valence electrons. The number of aliphatic hydroxyl groups is 1. The van der Waals surface area contributed by atoms with Gasteiger partial charge in [0.05, 0.1) is 18.4 Å². The van der Waals surface area contributed by atoms with Crippen LogP contribution in [-0.2, 0) is 9.59 Å². The summed E-state index contributed by atoms with van der Waals surface area (Å²) in [7, 11) is 0. The SMILES string of the molecule is CC(O)CC(CC(=O)O)C(=O)O. The van der Waals surface area contributed by atoms with Crippen LogP contribution in [0.5, 0.6) is 0 Å². The van der Waals surface area contributed by atoms with Crippen molar-refractivity contribution in [2.45, 2.75) is 25.9 Å². The molecule has 0 spiro atoms. The van der Waals surface area contributed by atoms with Gasteiger partial charge in [0.1, 0.15) is 0 Å². The molecule has 0 aromatic carbocycles. The fraction of sp³-hybridized carbons (Fsp3) is 0.714. The summed E-state index contributed by atoms with van der Waals surface area (Å²) in [6.07, 6.45) is -1.26. The molecule has 0 saturated carbocycles. The molecule has 0 saturated heterocycles. The molecule has 0 aliphatic rings. The number of carbonyl (C=O) groups is 2. The number of hydrogen-bond donors (Lipinski definition) is 3. The number of hydrogen-bond acceptors (Lipinski definition) is 3.